The van der Waals surface area contributed by atoms with Crippen LogP contribution in [0.15, 0.2) is 6.33 Å². The molecule has 1 atom stereocenters. The highest BCUT2D eigenvalue weighted by Gasteiger charge is 2.08. The summed E-state index contributed by atoms with van der Waals surface area (Å²) in [5, 5.41) is 9.30. The fourth-order valence-electron chi connectivity index (χ4n) is 1.20. The predicted molar refractivity (Wildman–Crippen MR) is 59.9 cm³/mol. The summed E-state index contributed by atoms with van der Waals surface area (Å²) in [5.74, 6) is 5.48. The zero-order valence-electron chi connectivity index (χ0n) is 8.77. The smallest absolute Gasteiger partial charge is 0.208 e. The lowest BCUT2D eigenvalue weighted by Crippen LogP contribution is -1.97. The second kappa shape index (κ2) is 4.08. The zero-order chi connectivity index (χ0) is 11.7. The van der Waals surface area contributed by atoms with E-state index in [4.69, 9.17) is 16.7 Å². The van der Waals surface area contributed by atoms with Crippen LogP contribution in [-0.4, -0.2) is 30.7 Å². The van der Waals surface area contributed by atoms with Gasteiger partial charge in [-0.15, -0.1) is 0 Å². The number of aromatic nitrogens is 4. The molecule has 0 saturated carbocycles. The molecule has 0 aliphatic rings. The highest BCUT2D eigenvalue weighted by atomic mass is 35.5. The van der Waals surface area contributed by atoms with Crippen LogP contribution in [-0.2, 0) is 7.05 Å². The molecule has 0 saturated heterocycles. The number of aryl methyl sites for hydroxylation is 1. The molecule has 2 rings (SSSR count). The van der Waals surface area contributed by atoms with Crippen molar-refractivity contribution in [2.24, 2.45) is 7.05 Å². The van der Waals surface area contributed by atoms with Gasteiger partial charge in [0.25, 0.3) is 0 Å². The van der Waals surface area contributed by atoms with Crippen LogP contribution in [0.4, 0.5) is 0 Å². The Kier molecular flexibility index (Phi) is 2.77. The second-order valence-electron chi connectivity index (χ2n) is 3.31. The monoisotopic (exact) mass is 236 g/mol. The maximum absolute atomic E-state index is 9.03. The number of aliphatic hydroxyl groups excluding tert-OH is 1. The number of fused-ring (bicyclic) bond motifs is 1. The van der Waals surface area contributed by atoms with E-state index >= 15 is 0 Å². The molecule has 0 aromatic carbocycles. The average molecular weight is 237 g/mol. The third-order valence-corrected chi connectivity index (χ3v) is 2.17. The van der Waals surface area contributed by atoms with Crippen molar-refractivity contribution in [3.05, 3.63) is 17.3 Å². The van der Waals surface area contributed by atoms with Gasteiger partial charge in [-0.1, -0.05) is 17.5 Å². The molecule has 0 spiro atoms. The highest BCUT2D eigenvalue weighted by Crippen LogP contribution is 2.17. The van der Waals surface area contributed by atoms with E-state index in [1.807, 2.05) is 7.05 Å². The molecule has 0 fully saturated rings. The molecule has 82 valence electrons. The predicted octanol–water partition coefficient (Wildman–Crippen LogP) is 0.749. The van der Waals surface area contributed by atoms with E-state index < -0.39 is 6.10 Å². The Hall–Kier alpha value is -1.64. The summed E-state index contributed by atoms with van der Waals surface area (Å²) >= 11 is 5.93. The number of nitrogens with zero attached hydrogens (tertiary/aromatic N) is 4. The molecule has 2 aromatic rings. The molecule has 1 N–H and O–H groups in total. The number of halogens is 1. The quantitative estimate of drug-likeness (QED) is 0.542. The van der Waals surface area contributed by atoms with Crippen LogP contribution in [0.3, 0.4) is 0 Å². The van der Waals surface area contributed by atoms with Crippen LogP contribution in [0.25, 0.3) is 11.2 Å². The van der Waals surface area contributed by atoms with Crippen molar-refractivity contribution in [1.82, 2.24) is 19.5 Å². The molecular weight excluding hydrogens is 228 g/mol. The first-order valence-electron chi connectivity index (χ1n) is 4.62. The van der Waals surface area contributed by atoms with Gasteiger partial charge in [0.15, 0.2) is 10.8 Å². The van der Waals surface area contributed by atoms with Crippen molar-refractivity contribution >= 4 is 22.8 Å². The molecule has 0 bridgehead atoms. The molecule has 0 unspecified atom stereocenters. The summed E-state index contributed by atoms with van der Waals surface area (Å²) < 4.78 is 1.73. The van der Waals surface area contributed by atoms with Gasteiger partial charge in [0.1, 0.15) is 11.6 Å². The molecule has 2 heterocycles. The van der Waals surface area contributed by atoms with Crippen molar-refractivity contribution in [3.8, 4) is 11.8 Å². The summed E-state index contributed by atoms with van der Waals surface area (Å²) in [6.07, 6.45) is 0.890. The van der Waals surface area contributed by atoms with E-state index in [2.05, 4.69) is 26.8 Å². The topological polar surface area (TPSA) is 63.8 Å². The maximum Gasteiger partial charge on any atom is 0.208 e. The largest absolute Gasteiger partial charge is 0.381 e. The Morgan fingerprint density at radius 1 is 1.50 bits per heavy atom. The maximum atomic E-state index is 9.03. The normalized spacial score (nSPS) is 12.2. The van der Waals surface area contributed by atoms with Crippen LogP contribution in [0.1, 0.15) is 12.7 Å². The third-order valence-electron chi connectivity index (χ3n) is 1.91. The zero-order valence-corrected chi connectivity index (χ0v) is 9.52. The number of aliphatic hydroxyl groups is 1. The molecule has 5 nitrogen and oxygen atoms in total. The number of imidazole rings is 1. The molecule has 6 heteroatoms. The van der Waals surface area contributed by atoms with Gasteiger partial charge in [-0.3, -0.25) is 0 Å². The molecule has 16 heavy (non-hydrogen) atoms. The van der Waals surface area contributed by atoms with Gasteiger partial charge in [-0.2, -0.15) is 0 Å². The Labute approximate surface area is 97.1 Å². The van der Waals surface area contributed by atoms with Gasteiger partial charge in [0.2, 0.25) is 5.82 Å². The first-order valence-corrected chi connectivity index (χ1v) is 5.00. The minimum atomic E-state index is -0.718. The van der Waals surface area contributed by atoms with E-state index in [1.54, 1.807) is 17.8 Å². The van der Waals surface area contributed by atoms with Gasteiger partial charge < -0.3 is 9.67 Å². The van der Waals surface area contributed by atoms with Crippen LogP contribution in [0, 0.1) is 11.8 Å². The number of hydrogen-bond donors (Lipinski definition) is 1. The summed E-state index contributed by atoms with van der Waals surface area (Å²) in [7, 11) is 1.81. The summed E-state index contributed by atoms with van der Waals surface area (Å²) in [4.78, 5) is 12.2. The van der Waals surface area contributed by atoms with Crippen LogP contribution in [0.5, 0.6) is 0 Å². The Morgan fingerprint density at radius 2 is 2.25 bits per heavy atom. The average Bonchev–Trinajstić information content (AvgIpc) is 2.58. The van der Waals surface area contributed by atoms with Crippen LogP contribution in [0.2, 0.25) is 5.15 Å². The van der Waals surface area contributed by atoms with Crippen molar-refractivity contribution in [2.45, 2.75) is 13.0 Å². The van der Waals surface area contributed by atoms with Gasteiger partial charge >= 0.3 is 0 Å². The summed E-state index contributed by atoms with van der Waals surface area (Å²) in [5.41, 5.74) is 1.17. The van der Waals surface area contributed by atoms with E-state index in [-0.39, 0.29) is 11.0 Å². The fraction of sp³-hybridized carbons (Fsp3) is 0.300. The van der Waals surface area contributed by atoms with E-state index in [9.17, 15) is 0 Å². The minimum absolute atomic E-state index is 0.264. The summed E-state index contributed by atoms with van der Waals surface area (Å²) in [6.45, 7) is 1.57. The first-order chi connectivity index (χ1) is 7.58. The van der Waals surface area contributed by atoms with Crippen molar-refractivity contribution < 1.29 is 5.11 Å². The summed E-state index contributed by atoms with van der Waals surface area (Å²) in [6, 6.07) is 0. The SMILES string of the molecule is C[C@@H](O)C#Cc1nc(Cl)c2ncn(C)c2n1. The van der Waals surface area contributed by atoms with Gasteiger partial charge in [0, 0.05) is 7.05 Å². The van der Waals surface area contributed by atoms with Crippen LogP contribution >= 0.6 is 11.6 Å². The number of hydrogen-bond acceptors (Lipinski definition) is 4. The lowest BCUT2D eigenvalue weighted by Gasteiger charge is -1.96. The fourth-order valence-corrected chi connectivity index (χ4v) is 1.41. The van der Waals surface area contributed by atoms with Gasteiger partial charge in [-0.05, 0) is 12.8 Å². The third kappa shape index (κ3) is 1.98. The van der Waals surface area contributed by atoms with Crippen LogP contribution < -0.4 is 0 Å². The van der Waals surface area contributed by atoms with Gasteiger partial charge in [0.05, 0.1) is 6.33 Å². The van der Waals surface area contributed by atoms with Crippen molar-refractivity contribution in [1.29, 1.82) is 0 Å². The molecule has 2 aromatic heterocycles. The standard InChI is InChI=1S/C10H9ClN4O/c1-6(16)3-4-7-13-9(11)8-10(14-7)15(2)5-12-8/h5-6,16H,1-2H3/t6-/m1/s1. The second-order valence-corrected chi connectivity index (χ2v) is 3.67. The van der Waals surface area contributed by atoms with Crippen molar-refractivity contribution in [2.75, 3.05) is 0 Å². The molecular formula is C10H9ClN4O. The van der Waals surface area contributed by atoms with Crippen molar-refractivity contribution in [3.63, 3.8) is 0 Å². The molecule has 0 aliphatic carbocycles. The molecule has 0 amide bonds. The molecule has 0 aliphatic heterocycles. The Balaban J connectivity index is 2.58. The first kappa shape index (κ1) is 10.9. The minimum Gasteiger partial charge on any atom is -0.381 e. The lowest BCUT2D eigenvalue weighted by atomic mass is 10.4. The van der Waals surface area contributed by atoms with E-state index in [0.29, 0.717) is 11.2 Å². The van der Waals surface area contributed by atoms with Gasteiger partial charge in [-0.25, -0.2) is 15.0 Å². The molecule has 0 radical (unpaired) electrons. The van der Waals surface area contributed by atoms with E-state index in [0.717, 1.165) is 0 Å². The Morgan fingerprint density at radius 3 is 2.94 bits per heavy atom. The highest BCUT2D eigenvalue weighted by molar-refractivity contribution is 6.33. The number of rotatable bonds is 0. The van der Waals surface area contributed by atoms with E-state index in [1.165, 1.54) is 0 Å². The lowest BCUT2D eigenvalue weighted by molar-refractivity contribution is 0.253. The Bertz CT molecular complexity index is 594.